The summed E-state index contributed by atoms with van der Waals surface area (Å²) in [6.07, 6.45) is 1.55. The van der Waals surface area contributed by atoms with Crippen molar-refractivity contribution >= 4 is 0 Å². The smallest absolute Gasteiger partial charge is 0.0382 e. The van der Waals surface area contributed by atoms with Gasteiger partial charge in [-0.1, -0.05) is 0 Å². The van der Waals surface area contributed by atoms with Gasteiger partial charge >= 0.3 is 0 Å². The standard InChI is InChI=1S/C5H7N/c1-4-2-6-3-5(1,4)6/h4H,1-3H2. The van der Waals surface area contributed by atoms with E-state index in [2.05, 4.69) is 4.90 Å². The normalized spacial score (nSPS) is 80.0. The molecule has 1 nitrogen and oxygen atoms in total. The zero-order valence-corrected chi connectivity index (χ0v) is 3.65. The number of rotatable bonds is 0. The second kappa shape index (κ2) is 0.348. The highest BCUT2D eigenvalue weighted by atomic mass is 15.5. The van der Waals surface area contributed by atoms with Crippen molar-refractivity contribution in [3.8, 4) is 0 Å². The lowest BCUT2D eigenvalue weighted by atomic mass is 10.3. The van der Waals surface area contributed by atoms with E-state index in [1.54, 1.807) is 6.42 Å². The van der Waals surface area contributed by atoms with E-state index >= 15 is 0 Å². The maximum Gasteiger partial charge on any atom is 0.0382 e. The van der Waals surface area contributed by atoms with Crippen LogP contribution in [-0.4, -0.2) is 23.5 Å². The molecule has 0 bridgehead atoms. The summed E-state index contributed by atoms with van der Waals surface area (Å²) in [6.45, 7) is 2.90. The fourth-order valence-corrected chi connectivity index (χ4v) is 1.88. The number of piperidine rings is 1. The summed E-state index contributed by atoms with van der Waals surface area (Å²) < 4.78 is 0. The predicted octanol–water partition coefficient (Wildman–Crippen LogP) is 0.0743. The maximum atomic E-state index is 2.57. The first kappa shape index (κ1) is 2.31. The van der Waals surface area contributed by atoms with Crippen LogP contribution >= 0.6 is 0 Å². The molecule has 2 aliphatic heterocycles. The zero-order valence-electron chi connectivity index (χ0n) is 3.65. The van der Waals surface area contributed by atoms with Crippen molar-refractivity contribution in [3.63, 3.8) is 0 Å². The third-order valence-electron chi connectivity index (χ3n) is 2.63. The minimum atomic E-state index is 0.889. The molecule has 0 aromatic rings. The largest absolute Gasteiger partial charge is 0.294 e. The van der Waals surface area contributed by atoms with Crippen LogP contribution in [0.1, 0.15) is 6.42 Å². The molecule has 1 saturated carbocycles. The van der Waals surface area contributed by atoms with E-state index in [0.29, 0.717) is 0 Å². The molecule has 1 heteroatoms. The van der Waals surface area contributed by atoms with Crippen LogP contribution in [-0.2, 0) is 0 Å². The zero-order chi connectivity index (χ0) is 3.78. The highest BCUT2D eigenvalue weighted by molar-refractivity contribution is 5.33. The Morgan fingerprint density at radius 2 is 2.67 bits per heavy atom. The fourth-order valence-electron chi connectivity index (χ4n) is 1.88. The molecule has 32 valence electrons. The Morgan fingerprint density at radius 1 is 1.67 bits per heavy atom. The summed E-state index contributed by atoms with van der Waals surface area (Å²) in [4.78, 5) is 2.57. The van der Waals surface area contributed by atoms with E-state index in [1.807, 2.05) is 0 Å². The fraction of sp³-hybridized carbons (Fsp3) is 1.00. The Bertz CT molecular complexity index is 101. The first-order valence-corrected chi connectivity index (χ1v) is 2.67. The molecule has 3 aliphatic rings. The molecule has 2 saturated heterocycles. The molecule has 2 heterocycles. The highest BCUT2D eigenvalue weighted by Gasteiger charge is 2.78. The predicted molar refractivity (Wildman–Crippen MR) is 22.4 cm³/mol. The van der Waals surface area contributed by atoms with Crippen molar-refractivity contribution in [3.05, 3.63) is 0 Å². The Hall–Kier alpha value is -0.0400. The maximum absolute atomic E-state index is 2.57. The van der Waals surface area contributed by atoms with Gasteiger partial charge < -0.3 is 0 Å². The average molecular weight is 81.1 g/mol. The van der Waals surface area contributed by atoms with E-state index in [9.17, 15) is 0 Å². The molecule has 3 unspecified atom stereocenters. The number of hydrogen-bond acceptors (Lipinski definition) is 1. The molecule has 0 N–H and O–H groups in total. The first-order chi connectivity index (χ1) is 2.92. The van der Waals surface area contributed by atoms with Gasteiger partial charge in [0, 0.05) is 18.6 Å². The summed E-state index contributed by atoms with van der Waals surface area (Å²) >= 11 is 0. The van der Waals surface area contributed by atoms with Crippen LogP contribution < -0.4 is 0 Å². The van der Waals surface area contributed by atoms with Gasteiger partial charge in [0.1, 0.15) is 0 Å². The Morgan fingerprint density at radius 3 is 2.67 bits per heavy atom. The van der Waals surface area contributed by atoms with Gasteiger partial charge in [0.05, 0.1) is 0 Å². The molecule has 1 aliphatic carbocycles. The Labute approximate surface area is 36.9 Å². The van der Waals surface area contributed by atoms with Gasteiger partial charge in [-0.05, 0) is 12.3 Å². The summed E-state index contributed by atoms with van der Waals surface area (Å²) in [5.41, 5.74) is 0.889. The molecule has 0 aromatic heterocycles. The van der Waals surface area contributed by atoms with Crippen LogP contribution in [0.2, 0.25) is 0 Å². The van der Waals surface area contributed by atoms with E-state index in [4.69, 9.17) is 0 Å². The minimum Gasteiger partial charge on any atom is -0.294 e. The summed E-state index contributed by atoms with van der Waals surface area (Å²) in [7, 11) is 0. The van der Waals surface area contributed by atoms with Gasteiger partial charge in [-0.15, -0.1) is 0 Å². The average Bonchev–Trinajstić information content (AvgIpc) is 2.31. The number of nitrogens with zero attached hydrogens (tertiary/aromatic N) is 1. The molecule has 0 amide bonds. The van der Waals surface area contributed by atoms with Crippen LogP contribution in [0.3, 0.4) is 0 Å². The van der Waals surface area contributed by atoms with E-state index in [0.717, 1.165) is 5.54 Å². The van der Waals surface area contributed by atoms with Crippen molar-refractivity contribution < 1.29 is 0 Å². The lowest BCUT2D eigenvalue weighted by Crippen LogP contribution is -2.19. The number of hydrogen-bond donors (Lipinski definition) is 0. The van der Waals surface area contributed by atoms with Crippen molar-refractivity contribution in [1.82, 2.24) is 4.90 Å². The van der Waals surface area contributed by atoms with Gasteiger partial charge in [-0.2, -0.15) is 0 Å². The van der Waals surface area contributed by atoms with E-state index in [-0.39, 0.29) is 0 Å². The second-order valence-corrected chi connectivity index (χ2v) is 2.89. The van der Waals surface area contributed by atoms with Gasteiger partial charge in [-0.25, -0.2) is 0 Å². The molecule has 3 fully saturated rings. The molecule has 0 radical (unpaired) electrons. The topological polar surface area (TPSA) is 3.01 Å². The third kappa shape index (κ3) is 0.0719. The molecule has 1 spiro atoms. The van der Waals surface area contributed by atoms with Crippen LogP contribution in [0, 0.1) is 5.92 Å². The van der Waals surface area contributed by atoms with Crippen LogP contribution in [0.4, 0.5) is 0 Å². The molecule has 0 aromatic carbocycles. The lowest BCUT2D eigenvalue weighted by molar-refractivity contribution is 0.370. The van der Waals surface area contributed by atoms with Crippen molar-refractivity contribution in [2.75, 3.05) is 13.1 Å². The van der Waals surface area contributed by atoms with Gasteiger partial charge in [0.25, 0.3) is 0 Å². The molecule has 3 atom stereocenters. The molecular weight excluding hydrogens is 74.1 g/mol. The van der Waals surface area contributed by atoms with Crippen molar-refractivity contribution in [1.29, 1.82) is 0 Å². The van der Waals surface area contributed by atoms with Gasteiger partial charge in [0.2, 0.25) is 0 Å². The van der Waals surface area contributed by atoms with Crippen molar-refractivity contribution in [2.45, 2.75) is 12.0 Å². The van der Waals surface area contributed by atoms with Gasteiger partial charge in [-0.3, -0.25) is 4.90 Å². The summed E-state index contributed by atoms with van der Waals surface area (Å²) in [5, 5.41) is 0. The first-order valence-electron chi connectivity index (χ1n) is 2.67. The molecular formula is C5H7N. The lowest BCUT2D eigenvalue weighted by Gasteiger charge is -2.07. The molecule has 3 rings (SSSR count). The van der Waals surface area contributed by atoms with E-state index in [1.165, 1.54) is 19.0 Å². The van der Waals surface area contributed by atoms with Crippen molar-refractivity contribution in [2.24, 2.45) is 5.92 Å². The van der Waals surface area contributed by atoms with Crippen LogP contribution in [0.15, 0.2) is 0 Å². The molecule has 6 heavy (non-hydrogen) atoms. The van der Waals surface area contributed by atoms with Crippen LogP contribution in [0.25, 0.3) is 0 Å². The Balaban J connectivity index is 2.26. The monoisotopic (exact) mass is 81.1 g/mol. The summed E-state index contributed by atoms with van der Waals surface area (Å²) in [6, 6.07) is 0. The third-order valence-corrected chi connectivity index (χ3v) is 2.63. The minimum absolute atomic E-state index is 0.889. The quantitative estimate of drug-likeness (QED) is 0.373. The summed E-state index contributed by atoms with van der Waals surface area (Å²) in [5.74, 6) is 1.18. The SMILES string of the molecule is C1C2CC23CN13. The second-order valence-electron chi connectivity index (χ2n) is 2.89. The van der Waals surface area contributed by atoms with Crippen LogP contribution in [0.5, 0.6) is 0 Å². The highest BCUT2D eigenvalue weighted by Crippen LogP contribution is 2.68. The van der Waals surface area contributed by atoms with E-state index < -0.39 is 0 Å². The Kier molecular flexibility index (Phi) is 0.134. The van der Waals surface area contributed by atoms with Gasteiger partial charge in [0.15, 0.2) is 0 Å².